The van der Waals surface area contributed by atoms with E-state index in [-0.39, 0.29) is 0 Å². The third kappa shape index (κ3) is 3.44. The minimum absolute atomic E-state index is 0.320. The second-order valence-corrected chi connectivity index (χ2v) is 5.98. The van der Waals surface area contributed by atoms with Gasteiger partial charge in [-0.3, -0.25) is 0 Å². The zero-order chi connectivity index (χ0) is 15.6. The Hall–Kier alpha value is -0.970. The molecule has 0 bridgehead atoms. The third-order valence-electron chi connectivity index (χ3n) is 3.01. The van der Waals surface area contributed by atoms with Crippen LogP contribution in [0.1, 0.15) is 16.5 Å². The zero-order valence-corrected chi connectivity index (χ0v) is 14.4. The van der Waals surface area contributed by atoms with E-state index in [1.165, 1.54) is 13.2 Å². The summed E-state index contributed by atoms with van der Waals surface area (Å²) in [6.07, 6.45) is 0. The van der Waals surface area contributed by atoms with Crippen molar-refractivity contribution in [1.29, 1.82) is 0 Å². The van der Waals surface area contributed by atoms with Crippen LogP contribution in [0.25, 0.3) is 0 Å². The number of halogens is 4. The summed E-state index contributed by atoms with van der Waals surface area (Å²) in [6, 6.07) is 7.84. The minimum atomic E-state index is -0.723. The Morgan fingerprint density at radius 2 is 1.71 bits per heavy atom. The van der Waals surface area contributed by atoms with Crippen LogP contribution in [0.5, 0.6) is 11.5 Å². The van der Waals surface area contributed by atoms with Gasteiger partial charge in [0.1, 0.15) is 17.3 Å². The second-order valence-electron chi connectivity index (χ2n) is 4.26. The number of rotatable bonds is 4. The molecule has 2 nitrogen and oxygen atoms in total. The van der Waals surface area contributed by atoms with Crippen molar-refractivity contribution >= 4 is 39.1 Å². The van der Waals surface area contributed by atoms with E-state index in [2.05, 4.69) is 15.9 Å². The van der Waals surface area contributed by atoms with Crippen LogP contribution in [0.3, 0.4) is 0 Å². The van der Waals surface area contributed by atoms with Crippen molar-refractivity contribution in [2.45, 2.75) is 5.38 Å². The Bertz CT molecular complexity index is 664. The normalized spacial score (nSPS) is 12.1. The van der Waals surface area contributed by atoms with Gasteiger partial charge in [-0.25, -0.2) is 4.39 Å². The van der Waals surface area contributed by atoms with Crippen LogP contribution in [-0.2, 0) is 0 Å². The highest BCUT2D eigenvalue weighted by Crippen LogP contribution is 2.41. The van der Waals surface area contributed by atoms with Gasteiger partial charge in [0.25, 0.3) is 0 Å². The average Bonchev–Trinajstić information content (AvgIpc) is 2.46. The molecule has 0 aliphatic heterocycles. The molecule has 1 unspecified atom stereocenters. The zero-order valence-electron chi connectivity index (χ0n) is 11.3. The molecular weight excluding hydrogens is 382 g/mol. The van der Waals surface area contributed by atoms with Crippen LogP contribution in [0.15, 0.2) is 34.8 Å². The van der Waals surface area contributed by atoms with E-state index in [4.69, 9.17) is 32.7 Å². The van der Waals surface area contributed by atoms with Gasteiger partial charge in [-0.2, -0.15) is 0 Å². The Morgan fingerprint density at radius 3 is 2.29 bits per heavy atom. The van der Waals surface area contributed by atoms with Crippen molar-refractivity contribution in [2.75, 3.05) is 14.2 Å². The topological polar surface area (TPSA) is 18.5 Å². The molecule has 1 atom stereocenters. The fraction of sp³-hybridized carbons (Fsp3) is 0.200. The molecule has 0 aromatic heterocycles. The van der Waals surface area contributed by atoms with Crippen LogP contribution in [0, 0.1) is 5.82 Å². The first-order chi connectivity index (χ1) is 9.97. The summed E-state index contributed by atoms with van der Waals surface area (Å²) in [6.45, 7) is 0. The highest BCUT2D eigenvalue weighted by atomic mass is 79.9. The smallest absolute Gasteiger partial charge is 0.133 e. The Morgan fingerprint density at radius 1 is 1.05 bits per heavy atom. The van der Waals surface area contributed by atoms with E-state index in [1.807, 2.05) is 0 Å². The number of methoxy groups -OCH3 is 2. The van der Waals surface area contributed by atoms with Gasteiger partial charge in [0.2, 0.25) is 0 Å². The van der Waals surface area contributed by atoms with E-state index in [0.717, 1.165) is 4.47 Å². The number of ether oxygens (including phenoxy) is 2. The van der Waals surface area contributed by atoms with Gasteiger partial charge in [-0.05, 0) is 40.2 Å². The van der Waals surface area contributed by atoms with Gasteiger partial charge in [0.15, 0.2) is 0 Å². The van der Waals surface area contributed by atoms with Gasteiger partial charge in [0, 0.05) is 16.1 Å². The van der Waals surface area contributed by atoms with Crippen molar-refractivity contribution in [3.63, 3.8) is 0 Å². The predicted octanol–water partition coefficient (Wildman–Crippen LogP) is 5.59. The van der Waals surface area contributed by atoms with Gasteiger partial charge in [0.05, 0.1) is 24.1 Å². The number of hydrogen-bond acceptors (Lipinski definition) is 2. The Labute approximate surface area is 140 Å². The molecule has 0 N–H and O–H groups in total. The van der Waals surface area contributed by atoms with Crippen LogP contribution >= 0.6 is 39.1 Å². The van der Waals surface area contributed by atoms with Crippen LogP contribution in [0.4, 0.5) is 4.39 Å². The summed E-state index contributed by atoms with van der Waals surface area (Å²) >= 11 is 15.6. The summed E-state index contributed by atoms with van der Waals surface area (Å²) in [5.41, 5.74) is 0.934. The first-order valence-corrected chi connectivity index (χ1v) is 7.59. The van der Waals surface area contributed by atoms with Crippen molar-refractivity contribution in [3.05, 3.63) is 56.8 Å². The molecule has 2 rings (SSSR count). The summed E-state index contributed by atoms with van der Waals surface area (Å²) < 4.78 is 25.3. The van der Waals surface area contributed by atoms with Crippen molar-refractivity contribution in [1.82, 2.24) is 0 Å². The van der Waals surface area contributed by atoms with E-state index in [0.29, 0.717) is 27.6 Å². The molecule has 0 heterocycles. The highest BCUT2D eigenvalue weighted by Gasteiger charge is 2.21. The van der Waals surface area contributed by atoms with Crippen LogP contribution < -0.4 is 9.47 Å². The Kier molecular flexibility index (Phi) is 5.36. The number of hydrogen-bond donors (Lipinski definition) is 0. The lowest BCUT2D eigenvalue weighted by molar-refractivity contribution is 0.397. The van der Waals surface area contributed by atoms with Gasteiger partial charge in [-0.15, -0.1) is 11.6 Å². The monoisotopic (exact) mass is 392 g/mol. The van der Waals surface area contributed by atoms with Gasteiger partial charge < -0.3 is 9.47 Å². The summed E-state index contributed by atoms with van der Waals surface area (Å²) in [7, 11) is 3.07. The van der Waals surface area contributed by atoms with E-state index < -0.39 is 11.2 Å². The molecule has 21 heavy (non-hydrogen) atoms. The lowest BCUT2D eigenvalue weighted by atomic mass is 10.0. The number of benzene rings is 2. The van der Waals surface area contributed by atoms with Gasteiger partial charge in [-0.1, -0.05) is 17.7 Å². The van der Waals surface area contributed by atoms with Crippen LogP contribution in [-0.4, -0.2) is 14.2 Å². The highest BCUT2D eigenvalue weighted by molar-refractivity contribution is 9.10. The van der Waals surface area contributed by atoms with Crippen molar-refractivity contribution in [3.8, 4) is 11.5 Å². The van der Waals surface area contributed by atoms with Crippen molar-refractivity contribution < 1.29 is 13.9 Å². The van der Waals surface area contributed by atoms with E-state index in [9.17, 15) is 4.39 Å². The molecular formula is C15H12BrCl2FO2. The average molecular weight is 394 g/mol. The third-order valence-corrected chi connectivity index (χ3v) is 4.34. The quantitative estimate of drug-likeness (QED) is 0.630. The summed E-state index contributed by atoms with van der Waals surface area (Å²) in [5, 5.41) is -0.403. The second kappa shape index (κ2) is 6.86. The van der Waals surface area contributed by atoms with Crippen LogP contribution in [0.2, 0.25) is 5.02 Å². The minimum Gasteiger partial charge on any atom is -0.496 e. The first kappa shape index (κ1) is 16.4. The van der Waals surface area contributed by atoms with Crippen molar-refractivity contribution in [2.24, 2.45) is 0 Å². The molecule has 0 fully saturated rings. The van der Waals surface area contributed by atoms with E-state index in [1.54, 1.807) is 31.4 Å². The molecule has 0 saturated heterocycles. The molecule has 6 heteroatoms. The SMILES string of the molecule is COc1cc(C(Cl)c2ccc(Cl)cc2F)c(OC)cc1Br. The van der Waals surface area contributed by atoms with Gasteiger partial charge >= 0.3 is 0 Å². The maximum Gasteiger partial charge on any atom is 0.133 e. The maximum absolute atomic E-state index is 14.0. The molecule has 0 aliphatic carbocycles. The molecule has 0 amide bonds. The summed E-state index contributed by atoms with van der Waals surface area (Å²) in [5.74, 6) is 0.661. The summed E-state index contributed by atoms with van der Waals surface area (Å²) in [4.78, 5) is 0. The lowest BCUT2D eigenvalue weighted by Crippen LogP contribution is -2.01. The number of alkyl halides is 1. The first-order valence-electron chi connectivity index (χ1n) is 5.98. The predicted molar refractivity (Wildman–Crippen MR) is 86.4 cm³/mol. The molecule has 0 saturated carbocycles. The fourth-order valence-electron chi connectivity index (χ4n) is 1.96. The Balaban J connectivity index is 2.53. The largest absolute Gasteiger partial charge is 0.496 e. The molecule has 2 aromatic carbocycles. The maximum atomic E-state index is 14.0. The molecule has 0 radical (unpaired) electrons. The fourth-order valence-corrected chi connectivity index (χ4v) is 2.95. The molecule has 2 aromatic rings. The lowest BCUT2D eigenvalue weighted by Gasteiger charge is -2.17. The molecule has 0 aliphatic rings. The molecule has 0 spiro atoms. The standard InChI is InChI=1S/C15H12BrCl2FO2/c1-20-13-7-11(16)14(21-2)6-10(13)15(18)9-4-3-8(17)5-12(9)19/h3-7,15H,1-2H3. The van der Waals surface area contributed by atoms with E-state index >= 15 is 0 Å². The molecule has 112 valence electrons.